The molecule has 0 spiro atoms. The molecular weight excluding hydrogens is 260 g/mol. The molecule has 0 radical (unpaired) electrons. The van der Waals surface area contributed by atoms with E-state index < -0.39 is 0 Å². The number of hydrogen-bond acceptors (Lipinski definition) is 2. The molecule has 0 aromatic heterocycles. The summed E-state index contributed by atoms with van der Waals surface area (Å²) >= 11 is 0. The molecule has 2 N–H and O–H groups in total. The maximum atomic E-state index is 12.7. The van der Waals surface area contributed by atoms with Crippen LogP contribution >= 0.6 is 0 Å². The molecule has 2 heterocycles. The largest absolute Gasteiger partial charge is 0.353 e. The van der Waals surface area contributed by atoms with E-state index in [-0.39, 0.29) is 5.41 Å². The van der Waals surface area contributed by atoms with Crippen molar-refractivity contribution >= 4 is 5.91 Å². The maximum absolute atomic E-state index is 12.7. The van der Waals surface area contributed by atoms with Crippen LogP contribution in [0.25, 0.3) is 0 Å². The Labute approximate surface area is 126 Å². The van der Waals surface area contributed by atoms with Crippen LogP contribution < -0.4 is 10.6 Å². The van der Waals surface area contributed by atoms with E-state index in [1.807, 2.05) is 6.07 Å². The van der Waals surface area contributed by atoms with Gasteiger partial charge in [-0.05, 0) is 50.5 Å². The van der Waals surface area contributed by atoms with Gasteiger partial charge in [0.15, 0.2) is 0 Å². The molecule has 1 aromatic carbocycles. The zero-order valence-electron chi connectivity index (χ0n) is 12.5. The molecule has 4 rings (SSSR count). The van der Waals surface area contributed by atoms with Gasteiger partial charge in [-0.3, -0.25) is 4.79 Å². The molecule has 21 heavy (non-hydrogen) atoms. The average molecular weight is 284 g/mol. The highest BCUT2D eigenvalue weighted by Crippen LogP contribution is 2.49. The fourth-order valence-corrected chi connectivity index (χ4v) is 4.14. The minimum atomic E-state index is -0.106. The Bertz CT molecular complexity index is 511. The van der Waals surface area contributed by atoms with Crippen LogP contribution in [-0.2, 0) is 11.2 Å². The summed E-state index contributed by atoms with van der Waals surface area (Å²) in [7, 11) is 0. The van der Waals surface area contributed by atoms with Crippen molar-refractivity contribution in [1.82, 2.24) is 10.6 Å². The average Bonchev–Trinajstić information content (AvgIpc) is 3.19. The molecule has 2 atom stereocenters. The first-order valence-electron chi connectivity index (χ1n) is 8.34. The Kier molecular flexibility index (Phi) is 3.26. The topological polar surface area (TPSA) is 41.1 Å². The Morgan fingerprint density at radius 3 is 2.43 bits per heavy atom. The van der Waals surface area contributed by atoms with Gasteiger partial charge in [0.25, 0.3) is 0 Å². The minimum Gasteiger partial charge on any atom is -0.353 e. The van der Waals surface area contributed by atoms with E-state index in [1.54, 1.807) is 0 Å². The van der Waals surface area contributed by atoms with Gasteiger partial charge >= 0.3 is 0 Å². The van der Waals surface area contributed by atoms with E-state index in [0.717, 1.165) is 32.1 Å². The summed E-state index contributed by atoms with van der Waals surface area (Å²) in [6.07, 6.45) is 7.79. The molecule has 3 nitrogen and oxygen atoms in total. The number of carbonyl (C=O) groups is 1. The maximum Gasteiger partial charge on any atom is 0.226 e. The number of amides is 1. The fourth-order valence-electron chi connectivity index (χ4n) is 4.14. The zero-order valence-corrected chi connectivity index (χ0v) is 12.5. The molecule has 3 fully saturated rings. The molecule has 1 amide bonds. The summed E-state index contributed by atoms with van der Waals surface area (Å²) in [4.78, 5) is 12.7. The van der Waals surface area contributed by atoms with E-state index in [1.165, 1.54) is 18.4 Å². The standard InChI is InChI=1S/C18H24N2O/c21-17(20-16-10-14-6-7-15(11-16)19-14)18(8-9-18)12-13-4-2-1-3-5-13/h1-5,14-16,19H,6-12H2,(H,20,21). The second kappa shape index (κ2) is 5.13. The van der Waals surface area contributed by atoms with Gasteiger partial charge in [0.05, 0.1) is 5.41 Å². The van der Waals surface area contributed by atoms with Crippen molar-refractivity contribution in [2.45, 2.75) is 63.1 Å². The van der Waals surface area contributed by atoms with Crippen molar-refractivity contribution < 1.29 is 4.79 Å². The van der Waals surface area contributed by atoms with Crippen LogP contribution in [0.2, 0.25) is 0 Å². The van der Waals surface area contributed by atoms with Gasteiger partial charge in [0.1, 0.15) is 0 Å². The van der Waals surface area contributed by atoms with E-state index in [0.29, 0.717) is 24.0 Å². The molecule has 2 saturated heterocycles. The lowest BCUT2D eigenvalue weighted by molar-refractivity contribution is -0.127. The molecule has 2 aliphatic heterocycles. The number of piperidine rings is 1. The summed E-state index contributed by atoms with van der Waals surface area (Å²) in [6, 6.07) is 12.1. The number of nitrogens with one attached hydrogen (secondary N) is 2. The summed E-state index contributed by atoms with van der Waals surface area (Å²) in [6.45, 7) is 0. The Morgan fingerprint density at radius 1 is 1.14 bits per heavy atom. The van der Waals surface area contributed by atoms with E-state index in [4.69, 9.17) is 0 Å². The Balaban J connectivity index is 1.38. The Hall–Kier alpha value is -1.35. The van der Waals surface area contributed by atoms with E-state index >= 15 is 0 Å². The quantitative estimate of drug-likeness (QED) is 0.891. The number of hydrogen-bond donors (Lipinski definition) is 2. The minimum absolute atomic E-state index is 0.106. The molecule has 2 bridgehead atoms. The fraction of sp³-hybridized carbons (Fsp3) is 0.611. The second-order valence-corrected chi connectivity index (χ2v) is 7.22. The lowest BCUT2D eigenvalue weighted by atomic mass is 9.93. The second-order valence-electron chi connectivity index (χ2n) is 7.22. The third kappa shape index (κ3) is 2.71. The van der Waals surface area contributed by atoms with Crippen LogP contribution in [0.5, 0.6) is 0 Å². The Morgan fingerprint density at radius 2 is 1.81 bits per heavy atom. The molecule has 1 aliphatic carbocycles. The predicted molar refractivity (Wildman–Crippen MR) is 82.9 cm³/mol. The van der Waals surface area contributed by atoms with Crippen molar-refractivity contribution in [3.8, 4) is 0 Å². The monoisotopic (exact) mass is 284 g/mol. The summed E-state index contributed by atoms with van der Waals surface area (Å²) < 4.78 is 0. The van der Waals surface area contributed by atoms with E-state index in [2.05, 4.69) is 34.9 Å². The molecule has 3 heteroatoms. The van der Waals surface area contributed by atoms with Crippen molar-refractivity contribution in [3.63, 3.8) is 0 Å². The smallest absolute Gasteiger partial charge is 0.226 e. The molecule has 112 valence electrons. The zero-order chi connectivity index (χ0) is 14.3. The van der Waals surface area contributed by atoms with Crippen LogP contribution in [-0.4, -0.2) is 24.0 Å². The third-order valence-electron chi connectivity index (χ3n) is 5.53. The number of fused-ring (bicyclic) bond motifs is 2. The molecule has 1 saturated carbocycles. The first-order chi connectivity index (χ1) is 10.2. The highest BCUT2D eigenvalue weighted by atomic mass is 16.2. The molecular formula is C18H24N2O. The lowest BCUT2D eigenvalue weighted by Crippen LogP contribution is -2.49. The molecule has 2 unspecified atom stereocenters. The van der Waals surface area contributed by atoms with Crippen LogP contribution in [0.4, 0.5) is 0 Å². The van der Waals surface area contributed by atoms with Crippen molar-refractivity contribution in [2.75, 3.05) is 0 Å². The number of carbonyl (C=O) groups excluding carboxylic acids is 1. The van der Waals surface area contributed by atoms with Crippen LogP contribution in [0, 0.1) is 5.41 Å². The van der Waals surface area contributed by atoms with Gasteiger partial charge < -0.3 is 10.6 Å². The van der Waals surface area contributed by atoms with Gasteiger partial charge in [0.2, 0.25) is 5.91 Å². The van der Waals surface area contributed by atoms with Crippen LogP contribution in [0.1, 0.15) is 44.1 Å². The van der Waals surface area contributed by atoms with E-state index in [9.17, 15) is 4.79 Å². The highest BCUT2D eigenvalue weighted by molar-refractivity contribution is 5.85. The predicted octanol–water partition coefficient (Wildman–Crippen LogP) is 2.41. The third-order valence-corrected chi connectivity index (χ3v) is 5.53. The van der Waals surface area contributed by atoms with Crippen molar-refractivity contribution in [3.05, 3.63) is 35.9 Å². The first-order valence-corrected chi connectivity index (χ1v) is 8.34. The van der Waals surface area contributed by atoms with Gasteiger partial charge in [-0.1, -0.05) is 30.3 Å². The molecule has 1 aromatic rings. The van der Waals surface area contributed by atoms with Crippen molar-refractivity contribution in [2.24, 2.45) is 5.41 Å². The lowest BCUT2D eigenvalue weighted by Gasteiger charge is -2.31. The molecule has 3 aliphatic rings. The van der Waals surface area contributed by atoms with Crippen LogP contribution in [0.15, 0.2) is 30.3 Å². The number of benzene rings is 1. The van der Waals surface area contributed by atoms with Crippen LogP contribution in [0.3, 0.4) is 0 Å². The van der Waals surface area contributed by atoms with Gasteiger partial charge in [0, 0.05) is 18.1 Å². The van der Waals surface area contributed by atoms with Gasteiger partial charge in [-0.2, -0.15) is 0 Å². The normalized spacial score (nSPS) is 32.7. The summed E-state index contributed by atoms with van der Waals surface area (Å²) in [5.74, 6) is 0.303. The van der Waals surface area contributed by atoms with Crippen molar-refractivity contribution in [1.29, 1.82) is 0 Å². The summed E-state index contributed by atoms with van der Waals surface area (Å²) in [5.41, 5.74) is 1.18. The SMILES string of the molecule is O=C(NC1CC2CCC(C1)N2)C1(Cc2ccccc2)CC1. The number of rotatable bonds is 4. The van der Waals surface area contributed by atoms with Gasteiger partial charge in [-0.25, -0.2) is 0 Å². The summed E-state index contributed by atoms with van der Waals surface area (Å²) in [5, 5.41) is 7.00. The van der Waals surface area contributed by atoms with Gasteiger partial charge in [-0.15, -0.1) is 0 Å². The highest BCUT2D eigenvalue weighted by Gasteiger charge is 2.50. The first kappa shape index (κ1) is 13.3.